The molecule has 5 heteroatoms. The number of anilines is 1. The maximum atomic E-state index is 12.5. The average Bonchev–Trinajstić information content (AvgIpc) is 2.55. The fourth-order valence-corrected chi connectivity index (χ4v) is 2.73. The lowest BCUT2D eigenvalue weighted by molar-refractivity contribution is 0.0718. The number of nitrogens with zero attached hydrogens (tertiary/aromatic N) is 4. The fraction of sp³-hybridized carbons (Fsp3) is 0.688. The lowest BCUT2D eigenvalue weighted by Gasteiger charge is -2.27. The first-order valence-corrected chi connectivity index (χ1v) is 8.13. The van der Waals surface area contributed by atoms with Crippen molar-refractivity contribution in [2.45, 2.75) is 46.0 Å². The highest BCUT2D eigenvalue weighted by Gasteiger charge is 2.20. The molecule has 0 bridgehead atoms. The van der Waals surface area contributed by atoms with E-state index in [1.165, 1.54) is 6.42 Å². The number of aromatic nitrogens is 2. The molecule has 1 aliphatic rings. The van der Waals surface area contributed by atoms with E-state index in [0.29, 0.717) is 11.6 Å². The van der Waals surface area contributed by atoms with Crippen LogP contribution in [0.1, 0.15) is 56.4 Å². The van der Waals surface area contributed by atoms with Crippen LogP contribution in [0.4, 0.5) is 5.95 Å². The third kappa shape index (κ3) is 4.16. The fourth-order valence-electron chi connectivity index (χ4n) is 2.73. The van der Waals surface area contributed by atoms with Crippen LogP contribution in [0.2, 0.25) is 0 Å². The van der Waals surface area contributed by atoms with Gasteiger partial charge in [0, 0.05) is 32.4 Å². The smallest absolute Gasteiger partial charge is 0.272 e. The highest BCUT2D eigenvalue weighted by atomic mass is 16.2. The predicted octanol–water partition coefficient (Wildman–Crippen LogP) is 2.73. The Labute approximate surface area is 127 Å². The van der Waals surface area contributed by atoms with Crippen LogP contribution in [-0.2, 0) is 0 Å². The van der Waals surface area contributed by atoms with Crippen LogP contribution in [0, 0.1) is 0 Å². The van der Waals surface area contributed by atoms with Crippen LogP contribution < -0.4 is 4.90 Å². The molecule has 0 aromatic carbocycles. The second-order valence-corrected chi connectivity index (χ2v) is 5.58. The summed E-state index contributed by atoms with van der Waals surface area (Å²) in [7, 11) is 0. The van der Waals surface area contributed by atoms with Crippen LogP contribution in [0.15, 0.2) is 12.3 Å². The van der Waals surface area contributed by atoms with Crippen molar-refractivity contribution in [2.24, 2.45) is 0 Å². The van der Waals surface area contributed by atoms with Crippen molar-refractivity contribution >= 4 is 11.9 Å². The molecule has 1 aromatic heterocycles. The molecule has 2 rings (SSSR count). The number of piperidine rings is 1. The van der Waals surface area contributed by atoms with E-state index < -0.39 is 0 Å². The van der Waals surface area contributed by atoms with Gasteiger partial charge in [0.05, 0.1) is 0 Å². The van der Waals surface area contributed by atoms with Crippen LogP contribution in [-0.4, -0.2) is 47.0 Å². The molecule has 0 radical (unpaired) electrons. The normalized spacial score (nSPS) is 15.0. The van der Waals surface area contributed by atoms with Gasteiger partial charge in [-0.25, -0.2) is 9.97 Å². The number of carbonyl (C=O) groups excluding carboxylic acids is 1. The van der Waals surface area contributed by atoms with Gasteiger partial charge in [0.15, 0.2) is 0 Å². The Kier molecular flexibility index (Phi) is 5.96. The quantitative estimate of drug-likeness (QED) is 0.808. The Hall–Kier alpha value is -1.65. The zero-order valence-corrected chi connectivity index (χ0v) is 13.2. The average molecular weight is 290 g/mol. The van der Waals surface area contributed by atoms with Gasteiger partial charge in [0.25, 0.3) is 5.91 Å². The first-order valence-electron chi connectivity index (χ1n) is 8.13. The molecule has 0 aliphatic carbocycles. The zero-order chi connectivity index (χ0) is 15.1. The number of hydrogen-bond donors (Lipinski definition) is 0. The Balaban J connectivity index is 2.13. The van der Waals surface area contributed by atoms with E-state index in [1.54, 1.807) is 12.3 Å². The van der Waals surface area contributed by atoms with Gasteiger partial charge in [-0.05, 0) is 38.2 Å². The molecule has 1 saturated heterocycles. The maximum absolute atomic E-state index is 12.5. The van der Waals surface area contributed by atoms with Crippen molar-refractivity contribution in [3.05, 3.63) is 18.0 Å². The largest absolute Gasteiger partial charge is 0.341 e. The van der Waals surface area contributed by atoms with Crippen molar-refractivity contribution in [1.29, 1.82) is 0 Å². The number of hydrogen-bond acceptors (Lipinski definition) is 4. The van der Waals surface area contributed by atoms with Gasteiger partial charge in [-0.1, -0.05) is 13.8 Å². The first-order chi connectivity index (χ1) is 10.3. The standard InChI is InChI=1S/C16H26N4O/c1-3-10-20(11-4-2)16-17-9-8-14(18-16)15(21)19-12-6-5-7-13-19/h8-9H,3-7,10-13H2,1-2H3. The molecule has 0 saturated carbocycles. The molecule has 21 heavy (non-hydrogen) atoms. The molecule has 1 fully saturated rings. The minimum absolute atomic E-state index is 0.0475. The maximum Gasteiger partial charge on any atom is 0.272 e. The third-order valence-electron chi connectivity index (χ3n) is 3.78. The SMILES string of the molecule is CCCN(CCC)c1nccc(C(=O)N2CCCCC2)n1. The topological polar surface area (TPSA) is 49.3 Å². The molecule has 0 atom stereocenters. The molecule has 1 amide bonds. The van der Waals surface area contributed by atoms with Crippen molar-refractivity contribution in [3.8, 4) is 0 Å². The lowest BCUT2D eigenvalue weighted by Crippen LogP contribution is -2.36. The second-order valence-electron chi connectivity index (χ2n) is 5.58. The van der Waals surface area contributed by atoms with E-state index in [4.69, 9.17) is 0 Å². The molecular formula is C16H26N4O. The van der Waals surface area contributed by atoms with E-state index in [9.17, 15) is 4.79 Å². The molecule has 0 spiro atoms. The van der Waals surface area contributed by atoms with Gasteiger partial charge in [0.1, 0.15) is 5.69 Å². The number of amides is 1. The van der Waals surface area contributed by atoms with E-state index in [0.717, 1.165) is 51.9 Å². The molecule has 1 aromatic rings. The summed E-state index contributed by atoms with van der Waals surface area (Å²) >= 11 is 0. The minimum atomic E-state index is 0.0475. The molecule has 2 heterocycles. The van der Waals surface area contributed by atoms with Gasteiger partial charge in [-0.3, -0.25) is 4.79 Å². The van der Waals surface area contributed by atoms with Gasteiger partial charge >= 0.3 is 0 Å². The predicted molar refractivity (Wildman–Crippen MR) is 84.6 cm³/mol. The monoisotopic (exact) mass is 290 g/mol. The van der Waals surface area contributed by atoms with E-state index in [-0.39, 0.29) is 5.91 Å². The molecule has 5 nitrogen and oxygen atoms in total. The van der Waals surface area contributed by atoms with E-state index in [1.807, 2.05) is 4.90 Å². The molecule has 1 aliphatic heterocycles. The Morgan fingerprint density at radius 1 is 1.19 bits per heavy atom. The summed E-state index contributed by atoms with van der Waals surface area (Å²) in [6.45, 7) is 7.85. The van der Waals surface area contributed by atoms with Gasteiger partial charge in [-0.2, -0.15) is 0 Å². The number of carbonyl (C=O) groups is 1. The minimum Gasteiger partial charge on any atom is -0.341 e. The summed E-state index contributed by atoms with van der Waals surface area (Å²) in [5.41, 5.74) is 0.527. The summed E-state index contributed by atoms with van der Waals surface area (Å²) in [4.78, 5) is 25.4. The van der Waals surface area contributed by atoms with Crippen LogP contribution >= 0.6 is 0 Å². The summed E-state index contributed by atoms with van der Waals surface area (Å²) in [6.07, 6.45) is 7.22. The summed E-state index contributed by atoms with van der Waals surface area (Å²) < 4.78 is 0. The summed E-state index contributed by atoms with van der Waals surface area (Å²) in [5.74, 6) is 0.729. The number of rotatable bonds is 6. The molecule has 0 unspecified atom stereocenters. The lowest BCUT2D eigenvalue weighted by atomic mass is 10.1. The second kappa shape index (κ2) is 7.96. The van der Waals surface area contributed by atoms with Crippen molar-refractivity contribution in [3.63, 3.8) is 0 Å². The van der Waals surface area contributed by atoms with Crippen molar-refractivity contribution < 1.29 is 4.79 Å². The molecule has 0 N–H and O–H groups in total. The Morgan fingerprint density at radius 3 is 2.48 bits per heavy atom. The van der Waals surface area contributed by atoms with Crippen LogP contribution in [0.3, 0.4) is 0 Å². The van der Waals surface area contributed by atoms with E-state index >= 15 is 0 Å². The van der Waals surface area contributed by atoms with Crippen LogP contribution in [0.25, 0.3) is 0 Å². The van der Waals surface area contributed by atoms with Crippen molar-refractivity contribution in [2.75, 3.05) is 31.1 Å². The Bertz CT molecular complexity index is 451. The van der Waals surface area contributed by atoms with Crippen LogP contribution in [0.5, 0.6) is 0 Å². The zero-order valence-electron chi connectivity index (χ0n) is 13.2. The van der Waals surface area contributed by atoms with Crippen molar-refractivity contribution in [1.82, 2.24) is 14.9 Å². The first kappa shape index (κ1) is 15.7. The van der Waals surface area contributed by atoms with Gasteiger partial charge < -0.3 is 9.80 Å². The number of likely N-dealkylation sites (tertiary alicyclic amines) is 1. The highest BCUT2D eigenvalue weighted by Crippen LogP contribution is 2.14. The molecular weight excluding hydrogens is 264 g/mol. The third-order valence-corrected chi connectivity index (χ3v) is 3.78. The highest BCUT2D eigenvalue weighted by molar-refractivity contribution is 5.92. The summed E-state index contributed by atoms with van der Waals surface area (Å²) in [5, 5.41) is 0. The molecule has 116 valence electrons. The van der Waals surface area contributed by atoms with E-state index in [2.05, 4.69) is 28.7 Å². The Morgan fingerprint density at radius 2 is 1.86 bits per heavy atom. The summed E-state index contributed by atoms with van der Waals surface area (Å²) in [6, 6.07) is 1.73. The van der Waals surface area contributed by atoms with Gasteiger partial charge in [0.2, 0.25) is 5.95 Å². The van der Waals surface area contributed by atoms with Gasteiger partial charge in [-0.15, -0.1) is 0 Å².